The van der Waals surface area contributed by atoms with Gasteiger partial charge in [0.15, 0.2) is 0 Å². The molecule has 0 radical (unpaired) electrons. The molecule has 2 nitrogen and oxygen atoms in total. The minimum absolute atomic E-state index is 0.212. The predicted molar refractivity (Wildman–Crippen MR) is 25.9 cm³/mol. The van der Waals surface area contributed by atoms with Crippen LogP contribution in [0, 0.1) is 0 Å². The number of aliphatic hydroxyl groups is 1. The van der Waals surface area contributed by atoms with Crippen LogP contribution in [0.4, 0.5) is 0 Å². The van der Waals surface area contributed by atoms with Crippen molar-refractivity contribution in [3.05, 3.63) is 0 Å². The molecule has 1 atom stereocenters. The molecule has 0 heterocycles. The van der Waals surface area contributed by atoms with Gasteiger partial charge in [-0.1, -0.05) is 0 Å². The second kappa shape index (κ2) is 3.18. The van der Waals surface area contributed by atoms with Gasteiger partial charge in [-0.3, -0.25) is 0 Å². The van der Waals surface area contributed by atoms with E-state index >= 15 is 0 Å². The molecule has 0 aliphatic carbocycles. The summed E-state index contributed by atoms with van der Waals surface area (Å²) in [4.78, 5) is 9.44. The van der Waals surface area contributed by atoms with Crippen LogP contribution in [0.5, 0.6) is 0 Å². The molecule has 1 unspecified atom stereocenters. The van der Waals surface area contributed by atoms with Crippen molar-refractivity contribution in [2.45, 2.75) is 6.10 Å². The Morgan fingerprint density at radius 2 is 2.50 bits per heavy atom. The van der Waals surface area contributed by atoms with Gasteiger partial charge in [-0.15, -0.1) is 0 Å². The molecule has 0 aromatic rings. The first-order chi connectivity index (χ1) is 2.81. The maximum absolute atomic E-state index is 9.44. The summed E-state index contributed by atoms with van der Waals surface area (Å²) in [6.45, 7) is 0. The normalized spacial score (nSPS) is 13.7. The minimum atomic E-state index is -0.881. The number of carbonyl (C=O) groups excluding carboxylic acids is 1. The number of rotatable bonds is 2. The topological polar surface area (TPSA) is 37.3 Å². The second-order valence-corrected chi connectivity index (χ2v) is 1.25. The Hall–Kier alpha value is -0.0200. The lowest BCUT2D eigenvalue weighted by molar-refractivity contribution is -0.113. The lowest BCUT2D eigenvalue weighted by Crippen LogP contribution is -2.08. The molecule has 0 fully saturated rings. The van der Waals surface area contributed by atoms with E-state index in [9.17, 15) is 4.79 Å². The van der Waals surface area contributed by atoms with E-state index in [1.54, 1.807) is 0 Å². The van der Waals surface area contributed by atoms with Crippen molar-refractivity contribution in [1.29, 1.82) is 0 Å². The fourth-order valence-corrected chi connectivity index (χ4v) is 0.129. The molecular formula is C3H6O2S. The largest absolute Gasteiger partial charge is 0.385 e. The summed E-state index contributed by atoms with van der Waals surface area (Å²) >= 11 is 3.61. The molecule has 0 aromatic heterocycles. The summed E-state index contributed by atoms with van der Waals surface area (Å²) in [7, 11) is 0. The van der Waals surface area contributed by atoms with E-state index in [4.69, 9.17) is 5.11 Å². The number of thiol groups is 1. The quantitative estimate of drug-likeness (QED) is 0.367. The minimum Gasteiger partial charge on any atom is -0.385 e. The summed E-state index contributed by atoms with van der Waals surface area (Å²) in [6, 6.07) is 0. The summed E-state index contributed by atoms with van der Waals surface area (Å²) < 4.78 is 0. The van der Waals surface area contributed by atoms with Crippen molar-refractivity contribution in [2.75, 3.05) is 5.75 Å². The molecule has 36 valence electrons. The highest BCUT2D eigenvalue weighted by Gasteiger charge is 1.91. The summed E-state index contributed by atoms with van der Waals surface area (Å²) in [5.74, 6) is 0.212. The van der Waals surface area contributed by atoms with Crippen LogP contribution in [0.1, 0.15) is 0 Å². The van der Waals surface area contributed by atoms with E-state index in [0.29, 0.717) is 6.29 Å². The van der Waals surface area contributed by atoms with E-state index in [0.717, 1.165) is 0 Å². The molecule has 0 aromatic carbocycles. The highest BCUT2D eigenvalue weighted by molar-refractivity contribution is 7.80. The van der Waals surface area contributed by atoms with Crippen LogP contribution >= 0.6 is 12.6 Å². The molecular weight excluding hydrogens is 100 g/mol. The van der Waals surface area contributed by atoms with E-state index in [2.05, 4.69) is 12.6 Å². The van der Waals surface area contributed by atoms with Gasteiger partial charge >= 0.3 is 0 Å². The van der Waals surface area contributed by atoms with Crippen molar-refractivity contribution in [3.63, 3.8) is 0 Å². The van der Waals surface area contributed by atoms with Crippen LogP contribution in [0.15, 0.2) is 0 Å². The van der Waals surface area contributed by atoms with Crippen LogP contribution in [0.3, 0.4) is 0 Å². The average molecular weight is 106 g/mol. The molecule has 0 spiro atoms. The number of hydrogen-bond acceptors (Lipinski definition) is 3. The Morgan fingerprint density at radius 1 is 2.00 bits per heavy atom. The molecule has 0 rings (SSSR count). The fraction of sp³-hybridized carbons (Fsp3) is 0.667. The number of hydrogen-bond donors (Lipinski definition) is 2. The lowest BCUT2D eigenvalue weighted by atomic mass is 10.5. The van der Waals surface area contributed by atoms with Gasteiger partial charge in [-0.2, -0.15) is 12.6 Å². The van der Waals surface area contributed by atoms with Crippen LogP contribution < -0.4 is 0 Å². The van der Waals surface area contributed by atoms with Gasteiger partial charge in [0.05, 0.1) is 0 Å². The average Bonchev–Trinajstić information content (AvgIpc) is 1.65. The first kappa shape index (κ1) is 5.98. The smallest absolute Gasteiger partial charge is 0.149 e. The highest BCUT2D eigenvalue weighted by atomic mass is 32.1. The fourth-order valence-electron chi connectivity index (χ4n) is 0.0430. The summed E-state index contributed by atoms with van der Waals surface area (Å²) in [5, 5.41) is 8.22. The zero-order chi connectivity index (χ0) is 4.99. The first-order valence-corrected chi connectivity index (χ1v) is 2.18. The molecule has 1 N–H and O–H groups in total. The van der Waals surface area contributed by atoms with Gasteiger partial charge in [0.1, 0.15) is 12.4 Å². The van der Waals surface area contributed by atoms with Gasteiger partial charge in [0.25, 0.3) is 0 Å². The van der Waals surface area contributed by atoms with E-state index in [1.807, 2.05) is 0 Å². The zero-order valence-corrected chi connectivity index (χ0v) is 4.06. The van der Waals surface area contributed by atoms with Crippen LogP contribution in [0.25, 0.3) is 0 Å². The number of aliphatic hydroxyl groups excluding tert-OH is 1. The number of carbonyl (C=O) groups is 1. The molecule has 0 bridgehead atoms. The highest BCUT2D eigenvalue weighted by Crippen LogP contribution is 1.77. The number of aldehydes is 1. The zero-order valence-electron chi connectivity index (χ0n) is 3.16. The molecule has 3 heteroatoms. The Kier molecular flexibility index (Phi) is 3.17. The van der Waals surface area contributed by atoms with Crippen LogP contribution in [0.2, 0.25) is 0 Å². The Balaban J connectivity index is 2.96. The van der Waals surface area contributed by atoms with Gasteiger partial charge in [-0.25, -0.2) is 0 Å². The van der Waals surface area contributed by atoms with Crippen molar-refractivity contribution in [2.24, 2.45) is 0 Å². The third kappa shape index (κ3) is 2.23. The van der Waals surface area contributed by atoms with Crippen LogP contribution in [-0.4, -0.2) is 23.2 Å². The van der Waals surface area contributed by atoms with Crippen molar-refractivity contribution in [3.8, 4) is 0 Å². The molecule has 6 heavy (non-hydrogen) atoms. The monoisotopic (exact) mass is 106 g/mol. The summed E-state index contributed by atoms with van der Waals surface area (Å²) in [5.41, 5.74) is 0. The maximum Gasteiger partial charge on any atom is 0.149 e. The van der Waals surface area contributed by atoms with Gasteiger partial charge in [-0.05, 0) is 0 Å². The van der Waals surface area contributed by atoms with Crippen molar-refractivity contribution < 1.29 is 9.90 Å². The third-order valence-electron chi connectivity index (χ3n) is 0.344. The third-order valence-corrected chi connectivity index (χ3v) is 0.718. The molecule has 0 aliphatic rings. The molecule has 0 aliphatic heterocycles. The van der Waals surface area contributed by atoms with Gasteiger partial charge < -0.3 is 9.90 Å². The second-order valence-electron chi connectivity index (χ2n) is 0.886. The predicted octanol–water partition coefficient (Wildman–Crippen LogP) is -0.524. The SMILES string of the molecule is O=CC(O)CS. The van der Waals surface area contributed by atoms with Crippen molar-refractivity contribution in [1.82, 2.24) is 0 Å². The van der Waals surface area contributed by atoms with E-state index in [1.165, 1.54) is 0 Å². The lowest BCUT2D eigenvalue weighted by Gasteiger charge is -1.88. The molecule has 0 saturated heterocycles. The Morgan fingerprint density at radius 3 is 2.50 bits per heavy atom. The van der Waals surface area contributed by atoms with Crippen LogP contribution in [-0.2, 0) is 4.79 Å². The van der Waals surface area contributed by atoms with Gasteiger partial charge in [0, 0.05) is 5.75 Å². The van der Waals surface area contributed by atoms with E-state index < -0.39 is 6.10 Å². The van der Waals surface area contributed by atoms with E-state index in [-0.39, 0.29) is 5.75 Å². The maximum atomic E-state index is 9.44. The summed E-state index contributed by atoms with van der Waals surface area (Å²) in [6.07, 6.45) is -0.430. The van der Waals surface area contributed by atoms with Crippen molar-refractivity contribution >= 4 is 18.9 Å². The standard InChI is InChI=1S/C3H6O2S/c4-1-3(5)2-6/h1,3,5-6H,2H2. The Bertz CT molecular complexity index is 46.1. The molecule has 0 amide bonds. The first-order valence-electron chi connectivity index (χ1n) is 1.55. The molecule has 0 saturated carbocycles. The Labute approximate surface area is 41.6 Å². The van der Waals surface area contributed by atoms with Gasteiger partial charge in [0.2, 0.25) is 0 Å².